The normalized spacial score (nSPS) is 10.6. The molecule has 106 valence electrons. The second-order valence-corrected chi connectivity index (χ2v) is 5.28. The van der Waals surface area contributed by atoms with Crippen molar-refractivity contribution in [2.45, 2.75) is 5.33 Å². The van der Waals surface area contributed by atoms with E-state index < -0.39 is 0 Å². The molecule has 21 heavy (non-hydrogen) atoms. The molecule has 2 nitrogen and oxygen atoms in total. The van der Waals surface area contributed by atoms with Gasteiger partial charge in [-0.15, -0.1) is 0 Å². The average molecular weight is 343 g/mol. The van der Waals surface area contributed by atoms with E-state index in [0.717, 1.165) is 38.9 Å². The molecule has 0 bridgehead atoms. The van der Waals surface area contributed by atoms with Crippen LogP contribution in [0.25, 0.3) is 10.8 Å². The minimum Gasteiger partial charge on any atom is -0.497 e. The molecule has 3 aromatic carbocycles. The Kier molecular flexibility index (Phi) is 4.11. The van der Waals surface area contributed by atoms with Crippen LogP contribution in [-0.2, 0) is 5.33 Å². The van der Waals surface area contributed by atoms with Crippen molar-refractivity contribution in [1.82, 2.24) is 0 Å². The lowest BCUT2D eigenvalue weighted by Crippen LogP contribution is -1.89. The fraction of sp³-hybridized carbons (Fsp3) is 0.111. The molecule has 3 aromatic rings. The molecule has 3 heteroatoms. The van der Waals surface area contributed by atoms with Gasteiger partial charge in [0.05, 0.1) is 7.11 Å². The number of halogens is 1. The van der Waals surface area contributed by atoms with Gasteiger partial charge in [0.15, 0.2) is 0 Å². The topological polar surface area (TPSA) is 18.5 Å². The summed E-state index contributed by atoms with van der Waals surface area (Å²) in [5.41, 5.74) is 1.13. The van der Waals surface area contributed by atoms with Gasteiger partial charge in [0.1, 0.15) is 17.2 Å². The number of fused-ring (bicyclic) bond motifs is 1. The zero-order chi connectivity index (χ0) is 14.7. The van der Waals surface area contributed by atoms with Gasteiger partial charge in [0.2, 0.25) is 0 Å². The van der Waals surface area contributed by atoms with Gasteiger partial charge in [0, 0.05) is 10.9 Å². The van der Waals surface area contributed by atoms with Gasteiger partial charge < -0.3 is 9.47 Å². The second-order valence-electron chi connectivity index (χ2n) is 4.72. The van der Waals surface area contributed by atoms with Gasteiger partial charge >= 0.3 is 0 Å². The highest BCUT2D eigenvalue weighted by Crippen LogP contribution is 2.30. The van der Waals surface area contributed by atoms with Crippen molar-refractivity contribution in [2.75, 3.05) is 7.11 Å². The van der Waals surface area contributed by atoms with Crippen molar-refractivity contribution >= 4 is 26.7 Å². The molecule has 0 unspecified atom stereocenters. The third-order valence-corrected chi connectivity index (χ3v) is 3.97. The molecule has 0 aromatic heterocycles. The Morgan fingerprint density at radius 1 is 0.857 bits per heavy atom. The van der Waals surface area contributed by atoms with E-state index in [9.17, 15) is 0 Å². The monoisotopic (exact) mass is 342 g/mol. The van der Waals surface area contributed by atoms with Crippen molar-refractivity contribution in [3.05, 3.63) is 66.2 Å². The van der Waals surface area contributed by atoms with Crippen LogP contribution in [0, 0.1) is 0 Å². The molecule has 3 rings (SSSR count). The van der Waals surface area contributed by atoms with Crippen molar-refractivity contribution in [3.8, 4) is 17.2 Å². The van der Waals surface area contributed by atoms with E-state index >= 15 is 0 Å². The predicted octanol–water partition coefficient (Wildman–Crippen LogP) is 5.54. The molecule has 0 heterocycles. The molecule has 0 radical (unpaired) electrons. The van der Waals surface area contributed by atoms with E-state index in [-0.39, 0.29) is 0 Å². The summed E-state index contributed by atoms with van der Waals surface area (Å²) in [5, 5.41) is 3.03. The number of methoxy groups -OCH3 is 1. The molecule has 0 fully saturated rings. The third kappa shape index (κ3) is 3.03. The van der Waals surface area contributed by atoms with Gasteiger partial charge in [-0.1, -0.05) is 46.3 Å². The number of ether oxygens (including phenoxy) is 2. The molecule has 0 amide bonds. The first kappa shape index (κ1) is 14.0. The molecule has 0 saturated heterocycles. The minimum atomic E-state index is 0.768. The number of para-hydroxylation sites is 1. The van der Waals surface area contributed by atoms with Gasteiger partial charge in [-0.25, -0.2) is 0 Å². The van der Waals surface area contributed by atoms with Crippen LogP contribution in [0.4, 0.5) is 0 Å². The third-order valence-electron chi connectivity index (χ3n) is 3.36. The molecule has 0 spiro atoms. The molecule has 0 aliphatic rings. The molecular formula is C18H15BrO2. The fourth-order valence-corrected chi connectivity index (χ4v) is 2.70. The highest BCUT2D eigenvalue weighted by Gasteiger charge is 2.04. The summed E-state index contributed by atoms with van der Waals surface area (Å²) < 4.78 is 11.3. The minimum absolute atomic E-state index is 0.768. The Balaban J connectivity index is 1.97. The Hall–Kier alpha value is -2.00. The maximum Gasteiger partial charge on any atom is 0.131 e. The highest BCUT2D eigenvalue weighted by molar-refractivity contribution is 9.08. The van der Waals surface area contributed by atoms with Crippen LogP contribution in [0.15, 0.2) is 60.7 Å². The second kappa shape index (κ2) is 6.19. The Morgan fingerprint density at radius 2 is 1.57 bits per heavy atom. The fourth-order valence-electron chi connectivity index (χ4n) is 2.23. The lowest BCUT2D eigenvalue weighted by molar-refractivity contribution is 0.415. The van der Waals surface area contributed by atoms with Crippen LogP contribution >= 0.6 is 15.9 Å². The van der Waals surface area contributed by atoms with Crippen LogP contribution in [0.2, 0.25) is 0 Å². The summed E-state index contributed by atoms with van der Waals surface area (Å²) in [6.45, 7) is 0. The number of hydrogen-bond acceptors (Lipinski definition) is 2. The molecule has 0 N–H and O–H groups in total. The van der Waals surface area contributed by atoms with Gasteiger partial charge in [-0.2, -0.15) is 0 Å². The maximum atomic E-state index is 6.01. The Morgan fingerprint density at radius 3 is 2.33 bits per heavy atom. The number of rotatable bonds is 4. The SMILES string of the molecule is COc1ccc2ccc(Oc3ccccc3CBr)cc2c1. The molecule has 0 aliphatic heterocycles. The molecule has 0 aliphatic carbocycles. The lowest BCUT2D eigenvalue weighted by atomic mass is 10.1. The van der Waals surface area contributed by atoms with Gasteiger partial charge in [-0.3, -0.25) is 0 Å². The summed E-state index contributed by atoms with van der Waals surface area (Å²) >= 11 is 3.48. The number of hydrogen-bond donors (Lipinski definition) is 0. The zero-order valence-corrected chi connectivity index (χ0v) is 13.3. The van der Waals surface area contributed by atoms with E-state index in [2.05, 4.69) is 22.0 Å². The van der Waals surface area contributed by atoms with E-state index in [4.69, 9.17) is 9.47 Å². The van der Waals surface area contributed by atoms with Crippen molar-refractivity contribution in [2.24, 2.45) is 0 Å². The number of benzene rings is 3. The lowest BCUT2D eigenvalue weighted by Gasteiger charge is -2.10. The summed E-state index contributed by atoms with van der Waals surface area (Å²) in [6, 6.07) is 20.1. The standard InChI is InChI=1S/C18H15BrO2/c1-20-16-8-6-13-7-9-17(11-15(13)10-16)21-18-5-3-2-4-14(18)12-19/h2-11H,12H2,1H3. The summed E-state index contributed by atoms with van der Waals surface area (Å²) in [5.74, 6) is 2.54. The highest BCUT2D eigenvalue weighted by atomic mass is 79.9. The average Bonchev–Trinajstić information content (AvgIpc) is 2.54. The van der Waals surface area contributed by atoms with Crippen LogP contribution in [0.3, 0.4) is 0 Å². The maximum absolute atomic E-state index is 6.01. The summed E-state index contributed by atoms with van der Waals surface area (Å²) in [4.78, 5) is 0. The summed E-state index contributed by atoms with van der Waals surface area (Å²) in [7, 11) is 1.67. The van der Waals surface area contributed by atoms with Crippen LogP contribution in [0.1, 0.15) is 5.56 Å². The number of alkyl halides is 1. The quantitative estimate of drug-likeness (QED) is 0.580. The van der Waals surface area contributed by atoms with Gasteiger partial charge in [-0.05, 0) is 41.1 Å². The van der Waals surface area contributed by atoms with E-state index in [1.54, 1.807) is 7.11 Å². The van der Waals surface area contributed by atoms with Crippen molar-refractivity contribution in [1.29, 1.82) is 0 Å². The van der Waals surface area contributed by atoms with E-state index in [1.807, 2.05) is 54.6 Å². The molecule has 0 atom stereocenters. The van der Waals surface area contributed by atoms with E-state index in [1.165, 1.54) is 0 Å². The van der Waals surface area contributed by atoms with Crippen molar-refractivity contribution in [3.63, 3.8) is 0 Å². The van der Waals surface area contributed by atoms with Crippen LogP contribution in [-0.4, -0.2) is 7.11 Å². The first-order chi connectivity index (χ1) is 10.3. The smallest absolute Gasteiger partial charge is 0.131 e. The molecular weight excluding hydrogens is 328 g/mol. The summed E-state index contributed by atoms with van der Waals surface area (Å²) in [6.07, 6.45) is 0. The van der Waals surface area contributed by atoms with Crippen LogP contribution < -0.4 is 9.47 Å². The van der Waals surface area contributed by atoms with Crippen LogP contribution in [0.5, 0.6) is 17.2 Å². The zero-order valence-electron chi connectivity index (χ0n) is 11.7. The van der Waals surface area contributed by atoms with E-state index in [0.29, 0.717) is 0 Å². The van der Waals surface area contributed by atoms with Crippen molar-refractivity contribution < 1.29 is 9.47 Å². The Labute approximate surface area is 132 Å². The first-order valence-corrected chi connectivity index (χ1v) is 7.82. The largest absolute Gasteiger partial charge is 0.497 e. The van der Waals surface area contributed by atoms with Gasteiger partial charge in [0.25, 0.3) is 0 Å². The predicted molar refractivity (Wildman–Crippen MR) is 89.6 cm³/mol. The molecule has 0 saturated carbocycles. The first-order valence-electron chi connectivity index (χ1n) is 6.69. The Bertz CT molecular complexity index is 768.